The fourth-order valence-electron chi connectivity index (χ4n) is 2.13. The fraction of sp³-hybridized carbons (Fsp3) is 0.333. The van der Waals surface area contributed by atoms with Crippen molar-refractivity contribution in [2.45, 2.75) is 12.5 Å². The minimum absolute atomic E-state index is 0.119. The predicted molar refractivity (Wildman–Crippen MR) is 68.9 cm³/mol. The number of benzene rings is 1. The normalized spacial score (nSPS) is 22.2. The second-order valence-corrected chi connectivity index (χ2v) is 5.11. The molecule has 0 saturated heterocycles. The van der Waals surface area contributed by atoms with E-state index in [0.717, 1.165) is 0 Å². The molecule has 0 aromatic heterocycles. The first kappa shape index (κ1) is 13.0. The third-order valence-electron chi connectivity index (χ3n) is 3.31. The van der Waals surface area contributed by atoms with Crippen LogP contribution in [0.1, 0.15) is 22.8 Å². The summed E-state index contributed by atoms with van der Waals surface area (Å²) in [7, 11) is 3.06. The van der Waals surface area contributed by atoms with E-state index in [1.54, 1.807) is 20.0 Å². The summed E-state index contributed by atoms with van der Waals surface area (Å²) in [6.45, 7) is 1.67. The van der Waals surface area contributed by atoms with Crippen LogP contribution in [-0.4, -0.2) is 31.1 Å². The van der Waals surface area contributed by atoms with Gasteiger partial charge in [-0.05, 0) is 35.0 Å². The first-order valence-electron chi connectivity index (χ1n) is 5.23. The Morgan fingerprint density at radius 3 is 2.61 bits per heavy atom. The molecule has 6 heteroatoms. The molecule has 0 fully saturated rings. The van der Waals surface area contributed by atoms with Crippen LogP contribution < -0.4 is 4.90 Å². The van der Waals surface area contributed by atoms with Crippen LogP contribution in [0.15, 0.2) is 16.6 Å². The fourth-order valence-corrected chi connectivity index (χ4v) is 2.64. The summed E-state index contributed by atoms with van der Waals surface area (Å²) in [5, 5.41) is 9.07. The second-order valence-electron chi connectivity index (χ2n) is 4.26. The molecule has 0 spiro atoms. The molecule has 1 N–H and O–H groups in total. The van der Waals surface area contributed by atoms with Crippen LogP contribution in [0.25, 0.3) is 0 Å². The molecule has 1 unspecified atom stereocenters. The van der Waals surface area contributed by atoms with Gasteiger partial charge in [0, 0.05) is 24.2 Å². The Kier molecular flexibility index (Phi) is 2.95. The number of hydrogen-bond donors (Lipinski definition) is 1. The van der Waals surface area contributed by atoms with Gasteiger partial charge in [-0.3, -0.25) is 4.79 Å². The van der Waals surface area contributed by atoms with E-state index < -0.39 is 11.6 Å². The summed E-state index contributed by atoms with van der Waals surface area (Å²) in [5.74, 6) is -1.26. The lowest BCUT2D eigenvalue weighted by Crippen LogP contribution is -2.37. The minimum Gasteiger partial charge on any atom is -0.478 e. The number of likely N-dealkylation sites (N-methyl/N-ethyl adjacent to an activating group) is 1. The van der Waals surface area contributed by atoms with E-state index >= 15 is 0 Å². The number of carboxylic acid groups (broad SMARTS) is 1. The van der Waals surface area contributed by atoms with Crippen LogP contribution in [0, 0.1) is 0 Å². The molecule has 1 aliphatic heterocycles. The van der Waals surface area contributed by atoms with Gasteiger partial charge >= 0.3 is 5.97 Å². The number of ether oxygens (including phenoxy) is 1. The molecule has 1 heterocycles. The summed E-state index contributed by atoms with van der Waals surface area (Å²) in [6.07, 6.45) is 0. The number of fused-ring (bicyclic) bond motifs is 1. The molecule has 1 amide bonds. The van der Waals surface area contributed by atoms with Gasteiger partial charge in [-0.15, -0.1) is 0 Å². The van der Waals surface area contributed by atoms with Crippen molar-refractivity contribution in [2.24, 2.45) is 0 Å². The number of carboxylic acids is 1. The van der Waals surface area contributed by atoms with Crippen molar-refractivity contribution in [3.8, 4) is 0 Å². The summed E-state index contributed by atoms with van der Waals surface area (Å²) >= 11 is 3.20. The van der Waals surface area contributed by atoms with Crippen molar-refractivity contribution in [1.29, 1.82) is 0 Å². The van der Waals surface area contributed by atoms with E-state index in [1.165, 1.54) is 18.1 Å². The summed E-state index contributed by atoms with van der Waals surface area (Å²) in [6, 6.07) is 3.10. The molecule has 0 aliphatic carbocycles. The van der Waals surface area contributed by atoms with Crippen molar-refractivity contribution in [3.63, 3.8) is 0 Å². The van der Waals surface area contributed by atoms with Crippen molar-refractivity contribution in [3.05, 3.63) is 27.7 Å². The lowest BCUT2D eigenvalue weighted by Gasteiger charge is -2.21. The standard InChI is InChI=1S/C12H12BrNO4/c1-12(18-3)7-5-8(13)6(10(15)16)4-9(7)14(2)11(12)17/h4-5H,1-3H3,(H,15,16). The van der Waals surface area contributed by atoms with E-state index in [4.69, 9.17) is 9.84 Å². The molecule has 0 radical (unpaired) electrons. The van der Waals surface area contributed by atoms with Gasteiger partial charge in [0.2, 0.25) is 0 Å². The Labute approximate surface area is 112 Å². The smallest absolute Gasteiger partial charge is 0.336 e. The molecule has 0 bridgehead atoms. The quantitative estimate of drug-likeness (QED) is 0.906. The number of aromatic carboxylic acids is 1. The van der Waals surface area contributed by atoms with Crippen LogP contribution in [-0.2, 0) is 15.1 Å². The Bertz CT molecular complexity index is 557. The monoisotopic (exact) mass is 313 g/mol. The maximum atomic E-state index is 12.1. The van der Waals surface area contributed by atoms with Gasteiger partial charge < -0.3 is 14.7 Å². The van der Waals surface area contributed by atoms with Crippen molar-refractivity contribution in [2.75, 3.05) is 19.1 Å². The number of rotatable bonds is 2. The molecule has 1 aromatic carbocycles. The SMILES string of the molecule is COC1(C)C(=O)N(C)c2cc(C(=O)O)c(Br)cc21. The summed E-state index contributed by atoms with van der Waals surface area (Å²) in [5.41, 5.74) is 0.275. The first-order valence-corrected chi connectivity index (χ1v) is 6.03. The van der Waals surface area contributed by atoms with E-state index in [1.807, 2.05) is 0 Å². The average molecular weight is 314 g/mol. The number of amides is 1. The molecule has 2 rings (SSSR count). The topological polar surface area (TPSA) is 66.8 Å². The van der Waals surface area contributed by atoms with Gasteiger partial charge in [-0.25, -0.2) is 4.79 Å². The van der Waals surface area contributed by atoms with Crippen LogP contribution in [0.5, 0.6) is 0 Å². The maximum absolute atomic E-state index is 12.1. The van der Waals surface area contributed by atoms with Crippen LogP contribution in [0.4, 0.5) is 5.69 Å². The molecule has 5 nitrogen and oxygen atoms in total. The number of anilines is 1. The van der Waals surface area contributed by atoms with E-state index in [-0.39, 0.29) is 11.5 Å². The zero-order chi connectivity index (χ0) is 13.7. The summed E-state index contributed by atoms with van der Waals surface area (Å²) < 4.78 is 5.73. The summed E-state index contributed by atoms with van der Waals surface area (Å²) in [4.78, 5) is 24.6. The van der Waals surface area contributed by atoms with Gasteiger partial charge in [0.15, 0.2) is 5.60 Å². The van der Waals surface area contributed by atoms with Gasteiger partial charge in [-0.1, -0.05) is 0 Å². The minimum atomic E-state index is -1.07. The highest BCUT2D eigenvalue weighted by molar-refractivity contribution is 9.10. The Morgan fingerprint density at radius 1 is 1.50 bits per heavy atom. The average Bonchev–Trinajstić information content (AvgIpc) is 2.51. The molecule has 1 aromatic rings. The highest BCUT2D eigenvalue weighted by Gasteiger charge is 2.47. The van der Waals surface area contributed by atoms with Crippen molar-refractivity contribution >= 4 is 33.5 Å². The maximum Gasteiger partial charge on any atom is 0.336 e. The molecule has 1 aliphatic rings. The highest BCUT2D eigenvalue weighted by atomic mass is 79.9. The van der Waals surface area contributed by atoms with Gasteiger partial charge in [0.05, 0.1) is 11.3 Å². The van der Waals surface area contributed by atoms with E-state index in [9.17, 15) is 9.59 Å². The van der Waals surface area contributed by atoms with Gasteiger partial charge in [-0.2, -0.15) is 0 Å². The third kappa shape index (κ3) is 1.56. The first-order chi connectivity index (χ1) is 8.32. The second kappa shape index (κ2) is 4.07. The number of carbonyl (C=O) groups excluding carboxylic acids is 1. The zero-order valence-corrected chi connectivity index (χ0v) is 11.7. The number of carbonyl (C=O) groups is 2. The Morgan fingerprint density at radius 2 is 2.11 bits per heavy atom. The largest absolute Gasteiger partial charge is 0.478 e. The van der Waals surface area contributed by atoms with Crippen LogP contribution >= 0.6 is 15.9 Å². The molecular formula is C12H12BrNO4. The van der Waals surface area contributed by atoms with E-state index in [2.05, 4.69) is 15.9 Å². The molecule has 18 heavy (non-hydrogen) atoms. The molecular weight excluding hydrogens is 302 g/mol. The number of halogens is 1. The number of hydrogen-bond acceptors (Lipinski definition) is 3. The lowest BCUT2D eigenvalue weighted by molar-refractivity contribution is -0.137. The molecule has 96 valence electrons. The van der Waals surface area contributed by atoms with E-state index in [0.29, 0.717) is 15.7 Å². The van der Waals surface area contributed by atoms with Gasteiger partial charge in [0.25, 0.3) is 5.91 Å². The Balaban J connectivity index is 2.72. The van der Waals surface area contributed by atoms with Crippen molar-refractivity contribution in [1.82, 2.24) is 0 Å². The lowest BCUT2D eigenvalue weighted by atomic mass is 9.96. The number of nitrogens with zero attached hydrogens (tertiary/aromatic N) is 1. The zero-order valence-electron chi connectivity index (χ0n) is 10.2. The molecule has 0 saturated carbocycles. The van der Waals surface area contributed by atoms with Gasteiger partial charge in [0.1, 0.15) is 0 Å². The molecule has 1 atom stereocenters. The van der Waals surface area contributed by atoms with Crippen LogP contribution in [0.2, 0.25) is 0 Å². The Hall–Kier alpha value is -1.40. The van der Waals surface area contributed by atoms with Crippen molar-refractivity contribution < 1.29 is 19.4 Å². The highest BCUT2D eigenvalue weighted by Crippen LogP contribution is 2.43. The van der Waals surface area contributed by atoms with Crippen LogP contribution in [0.3, 0.4) is 0 Å². The number of methoxy groups -OCH3 is 1. The third-order valence-corrected chi connectivity index (χ3v) is 3.97. The predicted octanol–water partition coefficient (Wildman–Crippen LogP) is 1.99.